The second-order valence-electron chi connectivity index (χ2n) is 7.17. The maximum atomic E-state index is 13.7. The van der Waals surface area contributed by atoms with Crippen LogP contribution in [0, 0.1) is 0 Å². The Hall–Kier alpha value is -3.49. The first kappa shape index (κ1) is 22.7. The summed E-state index contributed by atoms with van der Waals surface area (Å²) in [6.07, 6.45) is 2.05. The molecule has 6 nitrogen and oxygen atoms in total. The molecule has 0 spiro atoms. The first-order valence-corrected chi connectivity index (χ1v) is 12.0. The summed E-state index contributed by atoms with van der Waals surface area (Å²) in [4.78, 5) is 27.2. The highest BCUT2D eigenvalue weighted by molar-refractivity contribution is 7.98. The van der Waals surface area contributed by atoms with E-state index in [1.165, 1.54) is 0 Å². The van der Waals surface area contributed by atoms with Gasteiger partial charge in [-0.2, -0.15) is 8.75 Å². The zero-order valence-corrected chi connectivity index (χ0v) is 19.6. The number of thioether (sulfide) groups is 1. The van der Waals surface area contributed by atoms with E-state index in [1.54, 1.807) is 55.3 Å². The summed E-state index contributed by atoms with van der Waals surface area (Å²) in [6.45, 7) is 0. The van der Waals surface area contributed by atoms with Crippen LogP contribution in [0.3, 0.4) is 0 Å². The topological polar surface area (TPSA) is 89.4 Å². The van der Waals surface area contributed by atoms with Crippen LogP contribution in [0.25, 0.3) is 16.6 Å². The molecule has 0 bridgehead atoms. The van der Waals surface area contributed by atoms with Crippen molar-refractivity contribution in [1.82, 2.24) is 8.75 Å². The fraction of sp³-hybridized carbons (Fsp3) is 0.120. The number of carboxylic acids is 1. The molecule has 0 saturated carbocycles. The van der Waals surface area contributed by atoms with Crippen molar-refractivity contribution in [1.29, 1.82) is 0 Å². The zero-order valence-electron chi connectivity index (χ0n) is 17.9. The number of methoxy groups -OCH3 is 1. The number of carboxylic acid groups (broad SMARTS) is 1. The normalized spacial score (nSPS) is 11.8. The molecule has 0 unspecified atom stereocenters. The summed E-state index contributed by atoms with van der Waals surface area (Å²) >= 11 is 2.62. The molecule has 0 fully saturated rings. The van der Waals surface area contributed by atoms with Crippen LogP contribution < -0.4 is 4.74 Å². The number of hydrogen-bond donors (Lipinski definition) is 1. The second kappa shape index (κ2) is 9.97. The molecule has 0 saturated heterocycles. The van der Waals surface area contributed by atoms with E-state index < -0.39 is 5.97 Å². The highest BCUT2D eigenvalue weighted by atomic mass is 32.2. The van der Waals surface area contributed by atoms with Crippen molar-refractivity contribution in [3.63, 3.8) is 0 Å². The van der Waals surface area contributed by atoms with E-state index in [9.17, 15) is 14.7 Å². The van der Waals surface area contributed by atoms with Gasteiger partial charge in [0.05, 0.1) is 24.4 Å². The number of Topliss-reactive ketones (excluding diaryl/α,β-unsaturated/α-hetero) is 1. The molecule has 0 aliphatic heterocycles. The largest absolute Gasteiger partial charge is 0.496 e. The van der Waals surface area contributed by atoms with Gasteiger partial charge in [-0.3, -0.25) is 4.79 Å². The SMILES string of the molecule is COc1ccccc1C/C(C(=O)c1ccc(SC)cc1)=C(\C(=O)O)c1ccc2nsnc2c1. The van der Waals surface area contributed by atoms with Crippen LogP contribution in [0.4, 0.5) is 0 Å². The monoisotopic (exact) mass is 476 g/mol. The van der Waals surface area contributed by atoms with Crippen LogP contribution in [0.2, 0.25) is 0 Å². The standard InChI is InChI=1S/C25H20N2O4S2/c1-31-22-6-4-3-5-16(22)13-19(24(28)15-7-10-18(32-2)11-8-15)23(25(29)30)17-9-12-20-21(14-17)27-33-26-20/h3-12,14H,13H2,1-2H3,(H,29,30)/b23-19+. The second-order valence-corrected chi connectivity index (χ2v) is 8.58. The maximum Gasteiger partial charge on any atom is 0.336 e. The van der Waals surface area contributed by atoms with Gasteiger partial charge in [0, 0.05) is 22.5 Å². The number of para-hydroxylation sites is 1. The highest BCUT2D eigenvalue weighted by Crippen LogP contribution is 2.30. The van der Waals surface area contributed by atoms with E-state index in [0.717, 1.165) is 22.2 Å². The van der Waals surface area contributed by atoms with Crippen molar-refractivity contribution < 1.29 is 19.4 Å². The van der Waals surface area contributed by atoms with Gasteiger partial charge in [-0.25, -0.2) is 4.79 Å². The molecule has 33 heavy (non-hydrogen) atoms. The number of rotatable bonds is 8. The van der Waals surface area contributed by atoms with Gasteiger partial charge in [0.15, 0.2) is 5.78 Å². The predicted octanol–water partition coefficient (Wildman–Crippen LogP) is 5.39. The smallest absolute Gasteiger partial charge is 0.336 e. The Morgan fingerprint density at radius 2 is 1.67 bits per heavy atom. The van der Waals surface area contributed by atoms with E-state index >= 15 is 0 Å². The molecule has 0 aliphatic carbocycles. The molecule has 0 aliphatic rings. The highest BCUT2D eigenvalue weighted by Gasteiger charge is 2.25. The number of fused-ring (bicyclic) bond motifs is 1. The number of allylic oxidation sites excluding steroid dienone is 1. The minimum Gasteiger partial charge on any atom is -0.496 e. The first-order valence-electron chi connectivity index (χ1n) is 10.0. The molecule has 0 radical (unpaired) electrons. The maximum absolute atomic E-state index is 13.7. The van der Waals surface area contributed by atoms with E-state index in [1.807, 2.05) is 36.6 Å². The molecule has 4 rings (SSSR count). The number of ether oxygens (including phenoxy) is 1. The summed E-state index contributed by atoms with van der Waals surface area (Å²) in [5.41, 5.74) is 2.93. The third-order valence-corrected chi connectivity index (χ3v) is 6.54. The van der Waals surface area contributed by atoms with Gasteiger partial charge in [0.2, 0.25) is 0 Å². The first-order chi connectivity index (χ1) is 16.0. The number of nitrogens with zero attached hydrogens (tertiary/aromatic N) is 2. The lowest BCUT2D eigenvalue weighted by Crippen LogP contribution is -2.14. The third-order valence-electron chi connectivity index (χ3n) is 5.24. The van der Waals surface area contributed by atoms with Crippen LogP contribution >= 0.6 is 23.5 Å². The molecule has 8 heteroatoms. The molecule has 1 heterocycles. The minimum atomic E-state index is -1.18. The zero-order chi connectivity index (χ0) is 23.4. The van der Waals surface area contributed by atoms with Crippen molar-refractivity contribution in [2.24, 2.45) is 0 Å². The molecule has 3 aromatic carbocycles. The van der Waals surface area contributed by atoms with Gasteiger partial charge in [0.1, 0.15) is 16.8 Å². The van der Waals surface area contributed by atoms with E-state index in [0.29, 0.717) is 27.9 Å². The predicted molar refractivity (Wildman–Crippen MR) is 131 cm³/mol. The fourth-order valence-electron chi connectivity index (χ4n) is 3.60. The van der Waals surface area contributed by atoms with Crippen molar-refractivity contribution in [3.05, 3.63) is 89.0 Å². The van der Waals surface area contributed by atoms with Gasteiger partial charge in [-0.05, 0) is 59.8 Å². The van der Waals surface area contributed by atoms with Crippen LogP contribution in [0.15, 0.2) is 77.2 Å². The fourth-order valence-corrected chi connectivity index (χ4v) is 4.53. The Balaban J connectivity index is 1.91. The van der Waals surface area contributed by atoms with Crippen LogP contribution in [0.5, 0.6) is 5.75 Å². The number of benzene rings is 3. The molecule has 0 atom stereocenters. The summed E-state index contributed by atoms with van der Waals surface area (Å²) in [5.74, 6) is -0.941. The Morgan fingerprint density at radius 3 is 2.36 bits per heavy atom. The molecular weight excluding hydrogens is 456 g/mol. The molecule has 0 amide bonds. The number of aliphatic carboxylic acids is 1. The third kappa shape index (κ3) is 4.81. The average molecular weight is 477 g/mol. The summed E-state index contributed by atoms with van der Waals surface area (Å²) in [7, 11) is 1.55. The molecular formula is C25H20N2O4S2. The minimum absolute atomic E-state index is 0.0604. The Bertz CT molecular complexity index is 1360. The van der Waals surface area contributed by atoms with Gasteiger partial charge >= 0.3 is 5.97 Å². The number of carbonyl (C=O) groups is 2. The Morgan fingerprint density at radius 1 is 0.970 bits per heavy atom. The number of hydrogen-bond acceptors (Lipinski definition) is 7. The van der Waals surface area contributed by atoms with Crippen molar-refractivity contribution in [3.8, 4) is 5.75 Å². The van der Waals surface area contributed by atoms with E-state index in [-0.39, 0.29) is 23.4 Å². The number of ketones is 1. The Labute approximate surface area is 199 Å². The van der Waals surface area contributed by atoms with Crippen LogP contribution in [-0.4, -0.2) is 39.0 Å². The lowest BCUT2D eigenvalue weighted by atomic mass is 9.89. The van der Waals surface area contributed by atoms with Crippen LogP contribution in [-0.2, 0) is 11.2 Å². The lowest BCUT2D eigenvalue weighted by molar-refractivity contribution is -0.130. The lowest BCUT2D eigenvalue weighted by Gasteiger charge is -2.15. The van der Waals surface area contributed by atoms with Gasteiger partial charge in [0.25, 0.3) is 0 Å². The molecule has 1 N–H and O–H groups in total. The molecule has 166 valence electrons. The van der Waals surface area contributed by atoms with Gasteiger partial charge < -0.3 is 9.84 Å². The van der Waals surface area contributed by atoms with Gasteiger partial charge in [-0.15, -0.1) is 11.8 Å². The molecule has 4 aromatic rings. The average Bonchev–Trinajstić information content (AvgIpc) is 3.31. The van der Waals surface area contributed by atoms with Gasteiger partial charge in [-0.1, -0.05) is 24.3 Å². The summed E-state index contributed by atoms with van der Waals surface area (Å²) < 4.78 is 13.9. The van der Waals surface area contributed by atoms with E-state index in [2.05, 4.69) is 8.75 Å². The van der Waals surface area contributed by atoms with Crippen molar-refractivity contribution in [2.75, 3.05) is 13.4 Å². The quantitative estimate of drug-likeness (QED) is 0.207. The molecule has 1 aromatic heterocycles. The number of carbonyl (C=O) groups excluding carboxylic acids is 1. The summed E-state index contributed by atoms with van der Waals surface area (Å²) in [5, 5.41) is 10.2. The van der Waals surface area contributed by atoms with Crippen molar-refractivity contribution in [2.45, 2.75) is 11.3 Å². The van der Waals surface area contributed by atoms with Crippen LogP contribution in [0.1, 0.15) is 21.5 Å². The van der Waals surface area contributed by atoms with Crippen molar-refractivity contribution >= 4 is 51.8 Å². The number of aromatic nitrogens is 2. The van der Waals surface area contributed by atoms with E-state index in [4.69, 9.17) is 4.74 Å². The Kier molecular flexibility index (Phi) is 6.86. The summed E-state index contributed by atoms with van der Waals surface area (Å²) in [6, 6.07) is 19.5.